The molecule has 7 heteroatoms. The SMILES string of the molecule is CCOC(=O)C(N)CCC(=O)N(C)Cc1ccc(OC)cc1OC. The Hall–Kier alpha value is -2.28. The third-order valence-electron chi connectivity index (χ3n) is 3.59. The van der Waals surface area contributed by atoms with E-state index in [0.29, 0.717) is 18.0 Å². The molecule has 0 spiro atoms. The highest BCUT2D eigenvalue weighted by Crippen LogP contribution is 2.25. The number of methoxy groups -OCH3 is 2. The number of carbonyl (C=O) groups is 2. The average Bonchev–Trinajstić information content (AvgIpc) is 2.59. The maximum Gasteiger partial charge on any atom is 0.322 e. The van der Waals surface area contributed by atoms with Crippen molar-refractivity contribution in [3.8, 4) is 11.5 Å². The Morgan fingerprint density at radius 1 is 1.25 bits per heavy atom. The molecule has 24 heavy (non-hydrogen) atoms. The number of rotatable bonds is 9. The van der Waals surface area contributed by atoms with Crippen molar-refractivity contribution in [2.75, 3.05) is 27.9 Å². The normalized spacial score (nSPS) is 11.5. The van der Waals surface area contributed by atoms with Crippen LogP contribution in [-0.2, 0) is 20.9 Å². The molecule has 0 aliphatic carbocycles. The zero-order valence-electron chi connectivity index (χ0n) is 14.7. The van der Waals surface area contributed by atoms with Gasteiger partial charge in [0.05, 0.1) is 20.8 Å². The van der Waals surface area contributed by atoms with E-state index in [1.54, 1.807) is 39.2 Å². The number of hydrogen-bond acceptors (Lipinski definition) is 6. The molecular formula is C17H26N2O5. The van der Waals surface area contributed by atoms with Crippen molar-refractivity contribution < 1.29 is 23.8 Å². The van der Waals surface area contributed by atoms with Crippen LogP contribution in [-0.4, -0.2) is 50.7 Å². The lowest BCUT2D eigenvalue weighted by molar-refractivity contribution is -0.145. The second kappa shape index (κ2) is 9.77. The minimum atomic E-state index is -0.780. The molecular weight excluding hydrogens is 312 g/mol. The van der Waals surface area contributed by atoms with Crippen molar-refractivity contribution >= 4 is 11.9 Å². The van der Waals surface area contributed by atoms with Gasteiger partial charge in [0.25, 0.3) is 0 Å². The van der Waals surface area contributed by atoms with Crippen LogP contribution in [0.15, 0.2) is 18.2 Å². The summed E-state index contributed by atoms with van der Waals surface area (Å²) in [5.74, 6) is 0.750. The van der Waals surface area contributed by atoms with Gasteiger partial charge in [0.15, 0.2) is 0 Å². The Kier molecular flexibility index (Phi) is 8.05. The summed E-state index contributed by atoms with van der Waals surface area (Å²) in [6, 6.07) is 4.65. The van der Waals surface area contributed by atoms with Crippen molar-refractivity contribution in [2.24, 2.45) is 5.73 Å². The van der Waals surface area contributed by atoms with Gasteiger partial charge in [-0.3, -0.25) is 9.59 Å². The van der Waals surface area contributed by atoms with Crippen LogP contribution in [0.25, 0.3) is 0 Å². The predicted octanol–water partition coefficient (Wildman–Crippen LogP) is 1.33. The molecule has 134 valence electrons. The lowest BCUT2D eigenvalue weighted by Gasteiger charge is -2.20. The van der Waals surface area contributed by atoms with Crippen LogP contribution in [0.3, 0.4) is 0 Å². The van der Waals surface area contributed by atoms with E-state index in [1.807, 2.05) is 12.1 Å². The summed E-state index contributed by atoms with van der Waals surface area (Å²) >= 11 is 0. The monoisotopic (exact) mass is 338 g/mol. The van der Waals surface area contributed by atoms with Gasteiger partial charge in [-0.2, -0.15) is 0 Å². The van der Waals surface area contributed by atoms with Gasteiger partial charge >= 0.3 is 5.97 Å². The number of nitrogens with two attached hydrogens (primary N) is 1. The quantitative estimate of drug-likeness (QED) is 0.683. The molecule has 0 bridgehead atoms. The molecule has 0 radical (unpaired) electrons. The molecule has 1 unspecified atom stereocenters. The first-order valence-corrected chi connectivity index (χ1v) is 7.80. The summed E-state index contributed by atoms with van der Waals surface area (Å²) in [5, 5.41) is 0. The summed E-state index contributed by atoms with van der Waals surface area (Å²) < 4.78 is 15.3. The minimum Gasteiger partial charge on any atom is -0.497 e. The summed E-state index contributed by atoms with van der Waals surface area (Å²) in [7, 11) is 4.84. The van der Waals surface area contributed by atoms with E-state index in [4.69, 9.17) is 19.9 Å². The first-order chi connectivity index (χ1) is 11.4. The molecule has 1 atom stereocenters. The van der Waals surface area contributed by atoms with Gasteiger partial charge in [0.2, 0.25) is 5.91 Å². The van der Waals surface area contributed by atoms with E-state index in [1.165, 1.54) is 0 Å². The van der Waals surface area contributed by atoms with Gasteiger partial charge in [-0.1, -0.05) is 0 Å². The molecule has 0 heterocycles. The molecule has 2 N–H and O–H groups in total. The van der Waals surface area contributed by atoms with E-state index in [2.05, 4.69) is 0 Å². The zero-order chi connectivity index (χ0) is 18.1. The second-order valence-electron chi connectivity index (χ2n) is 5.32. The van der Waals surface area contributed by atoms with Crippen LogP contribution in [0.1, 0.15) is 25.3 Å². The average molecular weight is 338 g/mol. The smallest absolute Gasteiger partial charge is 0.322 e. The Labute approximate surface area is 142 Å². The minimum absolute atomic E-state index is 0.104. The van der Waals surface area contributed by atoms with Crippen LogP contribution >= 0.6 is 0 Å². The van der Waals surface area contributed by atoms with Gasteiger partial charge in [0.1, 0.15) is 17.5 Å². The Bertz CT molecular complexity index is 562. The first kappa shape index (κ1) is 19.8. The second-order valence-corrected chi connectivity index (χ2v) is 5.32. The Balaban J connectivity index is 2.59. The zero-order valence-corrected chi connectivity index (χ0v) is 14.7. The van der Waals surface area contributed by atoms with Crippen molar-refractivity contribution in [3.63, 3.8) is 0 Å². The van der Waals surface area contributed by atoms with Crippen LogP contribution in [0.5, 0.6) is 11.5 Å². The third kappa shape index (κ3) is 5.73. The molecule has 1 rings (SSSR count). The van der Waals surface area contributed by atoms with Crippen LogP contribution < -0.4 is 15.2 Å². The lowest BCUT2D eigenvalue weighted by atomic mass is 10.1. The topological polar surface area (TPSA) is 91.1 Å². The van der Waals surface area contributed by atoms with Gasteiger partial charge in [-0.15, -0.1) is 0 Å². The molecule has 1 aromatic carbocycles. The summed E-state index contributed by atoms with van der Waals surface area (Å²) in [4.78, 5) is 25.2. The molecule has 0 fully saturated rings. The molecule has 0 aliphatic heterocycles. The summed E-state index contributed by atoms with van der Waals surface area (Å²) in [6.45, 7) is 2.38. The lowest BCUT2D eigenvalue weighted by Crippen LogP contribution is -2.34. The highest BCUT2D eigenvalue weighted by molar-refractivity contribution is 5.79. The van der Waals surface area contributed by atoms with E-state index in [-0.39, 0.29) is 25.4 Å². The molecule has 1 aromatic rings. The Morgan fingerprint density at radius 3 is 2.54 bits per heavy atom. The number of carbonyl (C=O) groups excluding carboxylic acids is 2. The molecule has 7 nitrogen and oxygen atoms in total. The summed E-state index contributed by atoms with van der Waals surface area (Å²) in [6.07, 6.45) is 0.427. The van der Waals surface area contributed by atoms with Crippen LogP contribution in [0.2, 0.25) is 0 Å². The van der Waals surface area contributed by atoms with E-state index in [0.717, 1.165) is 5.56 Å². The third-order valence-corrected chi connectivity index (χ3v) is 3.59. The molecule has 1 amide bonds. The largest absolute Gasteiger partial charge is 0.497 e. The van der Waals surface area contributed by atoms with Crippen molar-refractivity contribution in [2.45, 2.75) is 32.4 Å². The standard InChI is InChI=1S/C17H26N2O5/c1-5-24-17(21)14(18)8-9-16(20)19(2)11-12-6-7-13(22-3)10-15(12)23-4/h6-7,10,14H,5,8-9,11,18H2,1-4H3. The molecule has 0 aromatic heterocycles. The van der Waals surface area contributed by atoms with Crippen molar-refractivity contribution in [1.29, 1.82) is 0 Å². The highest BCUT2D eigenvalue weighted by atomic mass is 16.5. The van der Waals surface area contributed by atoms with Crippen molar-refractivity contribution in [1.82, 2.24) is 4.90 Å². The number of benzene rings is 1. The van der Waals surface area contributed by atoms with Gasteiger partial charge in [-0.25, -0.2) is 0 Å². The molecule has 0 aliphatic rings. The number of amides is 1. The van der Waals surface area contributed by atoms with Crippen LogP contribution in [0, 0.1) is 0 Å². The highest BCUT2D eigenvalue weighted by Gasteiger charge is 2.18. The summed E-state index contributed by atoms with van der Waals surface area (Å²) in [5.41, 5.74) is 6.57. The molecule has 0 saturated heterocycles. The predicted molar refractivity (Wildman–Crippen MR) is 89.9 cm³/mol. The fraction of sp³-hybridized carbons (Fsp3) is 0.529. The van der Waals surface area contributed by atoms with Gasteiger partial charge in [0, 0.05) is 31.6 Å². The first-order valence-electron chi connectivity index (χ1n) is 7.80. The number of ether oxygens (including phenoxy) is 3. The van der Waals surface area contributed by atoms with E-state index >= 15 is 0 Å². The maximum atomic E-state index is 12.2. The number of nitrogens with zero attached hydrogens (tertiary/aromatic N) is 1. The number of hydrogen-bond donors (Lipinski definition) is 1. The van der Waals surface area contributed by atoms with Crippen LogP contribution in [0.4, 0.5) is 0 Å². The van der Waals surface area contributed by atoms with E-state index < -0.39 is 12.0 Å². The maximum absolute atomic E-state index is 12.2. The van der Waals surface area contributed by atoms with Crippen molar-refractivity contribution in [3.05, 3.63) is 23.8 Å². The number of esters is 1. The fourth-order valence-electron chi connectivity index (χ4n) is 2.16. The molecule has 0 saturated carbocycles. The van der Waals surface area contributed by atoms with Gasteiger partial charge < -0.3 is 24.8 Å². The Morgan fingerprint density at radius 2 is 1.96 bits per heavy atom. The van der Waals surface area contributed by atoms with E-state index in [9.17, 15) is 9.59 Å². The fourth-order valence-corrected chi connectivity index (χ4v) is 2.16. The van der Waals surface area contributed by atoms with Gasteiger partial charge in [-0.05, 0) is 25.5 Å².